The lowest BCUT2D eigenvalue weighted by molar-refractivity contribution is 0.661. The quantitative estimate of drug-likeness (QED) is 0.160. The van der Waals surface area contributed by atoms with Gasteiger partial charge in [0.05, 0.1) is 33.1 Å². The van der Waals surface area contributed by atoms with Gasteiger partial charge in [0.1, 0.15) is 0 Å². The summed E-state index contributed by atoms with van der Waals surface area (Å²) in [5.41, 5.74) is 22.2. The molecule has 0 amide bonds. The summed E-state index contributed by atoms with van der Waals surface area (Å²) in [5.74, 6) is 0.909. The number of anilines is 3. The van der Waals surface area contributed by atoms with Gasteiger partial charge in [0.2, 0.25) is 5.78 Å². The van der Waals surface area contributed by atoms with Gasteiger partial charge < -0.3 is 9.47 Å². The molecule has 5 heteroatoms. The molecule has 326 valence electrons. The predicted molar refractivity (Wildman–Crippen MR) is 287 cm³/mol. The van der Waals surface area contributed by atoms with Crippen LogP contribution in [0.3, 0.4) is 0 Å². The Bertz CT molecular complexity index is 4120. The molecule has 0 saturated heterocycles. The zero-order valence-electron chi connectivity index (χ0n) is 38.3. The summed E-state index contributed by atoms with van der Waals surface area (Å²) in [4.78, 5) is 7.49. The Morgan fingerprint density at radius 2 is 0.899 bits per heavy atom. The van der Waals surface area contributed by atoms with E-state index in [9.17, 15) is 0 Å². The molecule has 0 saturated carbocycles. The van der Waals surface area contributed by atoms with E-state index < -0.39 is 0 Å². The lowest BCUT2D eigenvalue weighted by atomic mass is 9.82. The van der Waals surface area contributed by atoms with Gasteiger partial charge in [-0.2, -0.15) is 0 Å². The molecule has 1 aliphatic carbocycles. The van der Waals surface area contributed by atoms with Crippen LogP contribution in [0.5, 0.6) is 0 Å². The zero-order chi connectivity index (χ0) is 45.8. The average Bonchev–Trinajstić information content (AvgIpc) is 4.11. The van der Waals surface area contributed by atoms with Crippen molar-refractivity contribution in [2.75, 3.05) is 4.90 Å². The number of aromatic nitrogens is 4. The standard InChI is InChI=1S/C64H45N5/c1-64(2)55-20-10-9-19-51(55)53-41-62-54(40-56(53)64)52-38-37-50(39-61(52)67(62)46-17-7-4-8-18-46)66(47-31-25-43(26-32-47)42-15-5-3-6-16-42)48-33-27-44(28-34-48)45-29-35-49(36-30-45)68-59-23-13-14-24-60(59)69-58-22-12-11-21-57(58)65-63(68)69/h3-41H,1-2H3. The van der Waals surface area contributed by atoms with E-state index in [1.54, 1.807) is 0 Å². The summed E-state index contributed by atoms with van der Waals surface area (Å²) < 4.78 is 6.99. The molecule has 0 fully saturated rings. The highest BCUT2D eigenvalue weighted by Crippen LogP contribution is 2.51. The Labute approximate surface area is 400 Å². The summed E-state index contributed by atoms with van der Waals surface area (Å²) in [6, 6.07) is 86.1. The largest absolute Gasteiger partial charge is 0.310 e. The van der Waals surface area contributed by atoms with Gasteiger partial charge in [-0.3, -0.25) is 8.97 Å². The van der Waals surface area contributed by atoms with Crippen LogP contribution in [0.4, 0.5) is 17.1 Å². The Hall–Kier alpha value is -8.93. The highest BCUT2D eigenvalue weighted by molar-refractivity contribution is 6.12. The number of imidazole rings is 2. The highest BCUT2D eigenvalue weighted by Gasteiger charge is 2.36. The van der Waals surface area contributed by atoms with Crippen LogP contribution in [-0.2, 0) is 5.41 Å². The third-order valence-corrected chi connectivity index (χ3v) is 14.6. The molecule has 0 unspecified atom stereocenters. The van der Waals surface area contributed by atoms with Gasteiger partial charge in [0.25, 0.3) is 0 Å². The summed E-state index contributed by atoms with van der Waals surface area (Å²) >= 11 is 0. The normalized spacial score (nSPS) is 12.9. The molecule has 14 rings (SSSR count). The molecule has 0 atom stereocenters. The fourth-order valence-electron chi connectivity index (χ4n) is 11.3. The summed E-state index contributed by atoms with van der Waals surface area (Å²) in [7, 11) is 0. The van der Waals surface area contributed by atoms with E-state index >= 15 is 0 Å². The number of fused-ring (bicyclic) bond motifs is 11. The van der Waals surface area contributed by atoms with E-state index in [0.29, 0.717) is 0 Å². The van der Waals surface area contributed by atoms with Gasteiger partial charge in [0, 0.05) is 44.6 Å². The van der Waals surface area contributed by atoms with Crippen molar-refractivity contribution in [3.8, 4) is 44.8 Å². The maximum atomic E-state index is 5.10. The minimum Gasteiger partial charge on any atom is -0.310 e. The first kappa shape index (κ1) is 39.3. The van der Waals surface area contributed by atoms with E-state index in [1.165, 1.54) is 55.2 Å². The molecule has 1 aliphatic rings. The number of para-hydroxylation sites is 5. The van der Waals surface area contributed by atoms with E-state index in [4.69, 9.17) is 4.98 Å². The minimum atomic E-state index is -0.0990. The Morgan fingerprint density at radius 3 is 1.61 bits per heavy atom. The third-order valence-electron chi connectivity index (χ3n) is 14.6. The number of hydrogen-bond acceptors (Lipinski definition) is 2. The first-order valence-electron chi connectivity index (χ1n) is 23.8. The van der Waals surface area contributed by atoms with Gasteiger partial charge in [-0.15, -0.1) is 0 Å². The van der Waals surface area contributed by atoms with Crippen molar-refractivity contribution in [2.45, 2.75) is 19.3 Å². The molecule has 0 radical (unpaired) electrons. The predicted octanol–water partition coefficient (Wildman–Crippen LogP) is 16.6. The molecule has 0 bridgehead atoms. The van der Waals surface area contributed by atoms with Gasteiger partial charge in [-0.05, 0) is 142 Å². The third kappa shape index (κ3) is 6.00. The van der Waals surface area contributed by atoms with Crippen LogP contribution in [-0.4, -0.2) is 18.5 Å². The van der Waals surface area contributed by atoms with Crippen LogP contribution in [0.1, 0.15) is 25.0 Å². The zero-order valence-corrected chi connectivity index (χ0v) is 38.3. The second-order valence-corrected chi connectivity index (χ2v) is 18.9. The molecule has 5 nitrogen and oxygen atoms in total. The average molecular weight is 884 g/mol. The van der Waals surface area contributed by atoms with Gasteiger partial charge in [0.15, 0.2) is 0 Å². The van der Waals surface area contributed by atoms with E-state index in [0.717, 1.165) is 67.4 Å². The number of benzene rings is 10. The molecule has 3 heterocycles. The summed E-state index contributed by atoms with van der Waals surface area (Å²) in [6.45, 7) is 4.73. The SMILES string of the molecule is CC1(C)c2ccccc2-c2cc3c(cc21)c1ccc(N(c2ccc(-c4ccccc4)cc2)c2ccc(-c4ccc(-n5c6ccccc6n6c7ccccc7nc56)cc4)cc2)cc1n3-c1ccccc1. The minimum absolute atomic E-state index is 0.0990. The van der Waals surface area contributed by atoms with Gasteiger partial charge in [-0.1, -0.05) is 153 Å². The van der Waals surface area contributed by atoms with Crippen molar-refractivity contribution >= 4 is 66.7 Å². The van der Waals surface area contributed by atoms with Gasteiger partial charge >= 0.3 is 0 Å². The van der Waals surface area contributed by atoms with Crippen molar-refractivity contribution < 1.29 is 0 Å². The van der Waals surface area contributed by atoms with Crippen LogP contribution < -0.4 is 4.90 Å². The van der Waals surface area contributed by atoms with Crippen molar-refractivity contribution in [3.05, 3.63) is 248 Å². The fraction of sp³-hybridized carbons (Fsp3) is 0.0469. The monoisotopic (exact) mass is 883 g/mol. The first-order chi connectivity index (χ1) is 34.0. The number of hydrogen-bond donors (Lipinski definition) is 0. The topological polar surface area (TPSA) is 30.4 Å². The molecular formula is C64H45N5. The van der Waals surface area contributed by atoms with Gasteiger partial charge in [-0.25, -0.2) is 4.98 Å². The second kappa shape index (κ2) is 15.0. The molecule has 0 N–H and O–H groups in total. The number of rotatable bonds is 7. The Balaban J connectivity index is 0.891. The summed E-state index contributed by atoms with van der Waals surface area (Å²) in [6.07, 6.45) is 0. The van der Waals surface area contributed by atoms with Crippen molar-refractivity contribution in [1.82, 2.24) is 18.5 Å². The maximum Gasteiger partial charge on any atom is 0.220 e. The first-order valence-corrected chi connectivity index (χ1v) is 23.8. The summed E-state index contributed by atoms with van der Waals surface area (Å²) in [5, 5.41) is 2.50. The van der Waals surface area contributed by atoms with Crippen LogP contribution in [0, 0.1) is 0 Å². The van der Waals surface area contributed by atoms with Crippen molar-refractivity contribution in [1.29, 1.82) is 0 Å². The highest BCUT2D eigenvalue weighted by atomic mass is 15.2. The van der Waals surface area contributed by atoms with Crippen LogP contribution in [0.2, 0.25) is 0 Å². The van der Waals surface area contributed by atoms with Crippen molar-refractivity contribution in [3.63, 3.8) is 0 Å². The smallest absolute Gasteiger partial charge is 0.220 e. The Morgan fingerprint density at radius 1 is 0.362 bits per heavy atom. The molecule has 13 aromatic rings. The lowest BCUT2D eigenvalue weighted by Gasteiger charge is -2.26. The van der Waals surface area contributed by atoms with Crippen LogP contribution in [0.15, 0.2) is 237 Å². The maximum absolute atomic E-state index is 5.10. The molecule has 0 spiro atoms. The molecule has 69 heavy (non-hydrogen) atoms. The van der Waals surface area contributed by atoms with Crippen molar-refractivity contribution in [2.24, 2.45) is 0 Å². The lowest BCUT2D eigenvalue weighted by Crippen LogP contribution is -2.14. The number of nitrogens with zero attached hydrogens (tertiary/aromatic N) is 5. The van der Waals surface area contributed by atoms with E-state index in [1.807, 2.05) is 0 Å². The van der Waals surface area contributed by atoms with Crippen LogP contribution in [0.25, 0.3) is 94.4 Å². The second-order valence-electron chi connectivity index (χ2n) is 18.9. The Kier molecular flexibility index (Phi) is 8.56. The van der Waals surface area contributed by atoms with Crippen LogP contribution >= 0.6 is 0 Å². The molecule has 3 aromatic heterocycles. The molecular weight excluding hydrogens is 839 g/mol. The van der Waals surface area contributed by atoms with E-state index in [2.05, 4.69) is 269 Å². The molecule has 0 aliphatic heterocycles. The fourth-order valence-corrected chi connectivity index (χ4v) is 11.3. The van der Waals surface area contributed by atoms with E-state index in [-0.39, 0.29) is 5.41 Å². The molecule has 10 aromatic carbocycles.